The average Bonchev–Trinajstić information content (AvgIpc) is 2.30. The van der Waals surface area contributed by atoms with Crippen LogP contribution in [0, 0.1) is 17.1 Å². The predicted molar refractivity (Wildman–Crippen MR) is 68.2 cm³/mol. The van der Waals surface area contributed by atoms with Crippen molar-refractivity contribution in [1.82, 2.24) is 0 Å². The Kier molecular flexibility index (Phi) is 7.47. The van der Waals surface area contributed by atoms with Crippen LogP contribution in [0.5, 0.6) is 0 Å². The number of rotatable bonds is 5. The highest BCUT2D eigenvalue weighted by molar-refractivity contribution is 5.85. The van der Waals surface area contributed by atoms with E-state index in [9.17, 15) is 4.39 Å². The van der Waals surface area contributed by atoms with Gasteiger partial charge >= 0.3 is 0 Å². The third kappa shape index (κ3) is 4.70. The van der Waals surface area contributed by atoms with E-state index in [1.165, 1.54) is 12.1 Å². The first-order valence-corrected chi connectivity index (χ1v) is 5.34. The van der Waals surface area contributed by atoms with Crippen molar-refractivity contribution in [2.75, 3.05) is 6.54 Å². The molecule has 0 radical (unpaired) electrons. The van der Waals surface area contributed by atoms with E-state index >= 15 is 0 Å². The van der Waals surface area contributed by atoms with Crippen molar-refractivity contribution < 1.29 is 4.39 Å². The molecular formula is C12H17ClFN3. The molecule has 1 atom stereocenters. The number of hydrogen-bond acceptors (Lipinski definition) is 3. The number of nitrogens with two attached hydrogens (primary N) is 2. The highest BCUT2D eigenvalue weighted by atomic mass is 35.5. The molecule has 0 saturated heterocycles. The van der Waals surface area contributed by atoms with Crippen molar-refractivity contribution in [3.8, 4) is 6.07 Å². The van der Waals surface area contributed by atoms with Gasteiger partial charge in [-0.05, 0) is 37.1 Å². The number of nitriles is 1. The lowest BCUT2D eigenvalue weighted by Gasteiger charge is -2.11. The van der Waals surface area contributed by atoms with Gasteiger partial charge in [-0.15, -0.1) is 12.4 Å². The molecule has 94 valence electrons. The third-order valence-corrected chi connectivity index (χ3v) is 2.51. The van der Waals surface area contributed by atoms with Gasteiger partial charge in [0, 0.05) is 6.04 Å². The molecule has 1 rings (SSSR count). The molecule has 0 unspecified atom stereocenters. The molecule has 0 aliphatic heterocycles. The number of hydrogen-bond donors (Lipinski definition) is 2. The molecule has 0 heterocycles. The van der Waals surface area contributed by atoms with E-state index in [0.717, 1.165) is 24.8 Å². The van der Waals surface area contributed by atoms with Crippen LogP contribution in [-0.4, -0.2) is 6.54 Å². The SMILES string of the molecule is Cl.N#Cc1cc([C@H](N)CCCCN)ccc1F. The summed E-state index contributed by atoms with van der Waals surface area (Å²) in [7, 11) is 0. The maximum atomic E-state index is 13.1. The second-order valence-corrected chi connectivity index (χ2v) is 3.74. The fourth-order valence-corrected chi connectivity index (χ4v) is 1.53. The maximum Gasteiger partial charge on any atom is 0.140 e. The van der Waals surface area contributed by atoms with E-state index in [2.05, 4.69) is 0 Å². The smallest absolute Gasteiger partial charge is 0.140 e. The number of nitrogens with zero attached hydrogens (tertiary/aromatic N) is 1. The van der Waals surface area contributed by atoms with Crippen LogP contribution >= 0.6 is 12.4 Å². The lowest BCUT2D eigenvalue weighted by atomic mass is 10.00. The van der Waals surface area contributed by atoms with Gasteiger partial charge in [-0.3, -0.25) is 0 Å². The van der Waals surface area contributed by atoms with Gasteiger partial charge in [-0.1, -0.05) is 12.5 Å². The summed E-state index contributed by atoms with van der Waals surface area (Å²) in [5.74, 6) is -0.500. The summed E-state index contributed by atoms with van der Waals surface area (Å²) < 4.78 is 13.1. The zero-order chi connectivity index (χ0) is 12.0. The summed E-state index contributed by atoms with van der Waals surface area (Å²) in [4.78, 5) is 0. The second kappa shape index (κ2) is 8.02. The highest BCUT2D eigenvalue weighted by Crippen LogP contribution is 2.19. The average molecular weight is 258 g/mol. The number of benzene rings is 1. The Balaban J connectivity index is 0.00000256. The van der Waals surface area contributed by atoms with Gasteiger partial charge in [-0.25, -0.2) is 4.39 Å². The van der Waals surface area contributed by atoms with Crippen molar-refractivity contribution >= 4 is 12.4 Å². The quantitative estimate of drug-likeness (QED) is 0.795. The van der Waals surface area contributed by atoms with Crippen molar-refractivity contribution in [2.45, 2.75) is 25.3 Å². The van der Waals surface area contributed by atoms with E-state index in [0.29, 0.717) is 6.54 Å². The molecule has 3 nitrogen and oxygen atoms in total. The van der Waals surface area contributed by atoms with E-state index in [1.54, 1.807) is 6.07 Å². The standard InChI is InChI=1S/C12H16FN3.ClH/c13-11-5-4-9(7-10(11)8-15)12(16)3-1-2-6-14;/h4-5,7,12H,1-3,6,14,16H2;1H/t12-;/m1./s1. The van der Waals surface area contributed by atoms with Gasteiger partial charge in [-0.2, -0.15) is 5.26 Å². The molecule has 0 spiro atoms. The van der Waals surface area contributed by atoms with Gasteiger partial charge in [0.2, 0.25) is 0 Å². The van der Waals surface area contributed by atoms with Crippen LogP contribution in [0.4, 0.5) is 4.39 Å². The molecule has 0 aliphatic rings. The highest BCUT2D eigenvalue weighted by Gasteiger charge is 2.09. The van der Waals surface area contributed by atoms with Crippen LogP contribution in [0.15, 0.2) is 18.2 Å². The summed E-state index contributed by atoms with van der Waals surface area (Å²) in [6.07, 6.45) is 2.67. The minimum absolute atomic E-state index is 0. The fourth-order valence-electron chi connectivity index (χ4n) is 1.53. The van der Waals surface area contributed by atoms with Crippen molar-refractivity contribution in [1.29, 1.82) is 5.26 Å². The van der Waals surface area contributed by atoms with Crippen LogP contribution in [0.2, 0.25) is 0 Å². The third-order valence-electron chi connectivity index (χ3n) is 2.51. The van der Waals surface area contributed by atoms with Crippen molar-refractivity contribution in [3.05, 3.63) is 35.1 Å². The monoisotopic (exact) mass is 257 g/mol. The molecule has 1 aromatic rings. The normalized spacial score (nSPS) is 11.4. The first-order valence-electron chi connectivity index (χ1n) is 5.34. The molecule has 0 fully saturated rings. The molecule has 4 N–H and O–H groups in total. The van der Waals surface area contributed by atoms with Crippen LogP contribution in [0.1, 0.15) is 36.4 Å². The van der Waals surface area contributed by atoms with E-state index < -0.39 is 5.82 Å². The molecule has 0 bridgehead atoms. The maximum absolute atomic E-state index is 13.1. The molecule has 0 aromatic heterocycles. The van der Waals surface area contributed by atoms with Crippen LogP contribution in [0.3, 0.4) is 0 Å². The van der Waals surface area contributed by atoms with Gasteiger partial charge in [0.1, 0.15) is 11.9 Å². The minimum Gasteiger partial charge on any atom is -0.330 e. The van der Waals surface area contributed by atoms with Gasteiger partial charge in [0.05, 0.1) is 5.56 Å². The van der Waals surface area contributed by atoms with Crippen LogP contribution in [0.25, 0.3) is 0 Å². The summed E-state index contributed by atoms with van der Waals surface area (Å²) in [5, 5.41) is 8.69. The Labute approximate surface area is 107 Å². The molecule has 17 heavy (non-hydrogen) atoms. The largest absolute Gasteiger partial charge is 0.330 e. The molecule has 5 heteroatoms. The second-order valence-electron chi connectivity index (χ2n) is 3.74. The van der Waals surface area contributed by atoms with Gasteiger partial charge in [0.25, 0.3) is 0 Å². The molecular weight excluding hydrogens is 241 g/mol. The Bertz CT molecular complexity index is 390. The van der Waals surface area contributed by atoms with E-state index in [-0.39, 0.29) is 24.0 Å². The van der Waals surface area contributed by atoms with Crippen LogP contribution < -0.4 is 11.5 Å². The summed E-state index contributed by atoms with van der Waals surface area (Å²) >= 11 is 0. The Morgan fingerprint density at radius 2 is 2.06 bits per heavy atom. The summed E-state index contributed by atoms with van der Waals surface area (Å²) in [6.45, 7) is 0.652. The first kappa shape index (κ1) is 15.9. The Hall–Kier alpha value is -1.15. The predicted octanol–water partition coefficient (Wildman–Crippen LogP) is 2.25. The zero-order valence-corrected chi connectivity index (χ0v) is 10.3. The lowest BCUT2D eigenvalue weighted by Crippen LogP contribution is -2.11. The van der Waals surface area contributed by atoms with Gasteiger partial charge in [0.15, 0.2) is 0 Å². The minimum atomic E-state index is -0.500. The first-order chi connectivity index (χ1) is 7.69. The Morgan fingerprint density at radius 3 is 2.65 bits per heavy atom. The van der Waals surface area contributed by atoms with Crippen molar-refractivity contribution in [2.24, 2.45) is 11.5 Å². The molecule has 1 aromatic carbocycles. The number of halogens is 2. The fraction of sp³-hybridized carbons (Fsp3) is 0.417. The zero-order valence-electron chi connectivity index (χ0n) is 9.53. The Morgan fingerprint density at radius 1 is 1.35 bits per heavy atom. The molecule has 0 aliphatic carbocycles. The van der Waals surface area contributed by atoms with Gasteiger partial charge < -0.3 is 11.5 Å². The van der Waals surface area contributed by atoms with Crippen molar-refractivity contribution in [3.63, 3.8) is 0 Å². The molecule has 0 saturated carbocycles. The number of unbranched alkanes of at least 4 members (excludes halogenated alkanes) is 1. The van der Waals surface area contributed by atoms with Crippen LogP contribution in [-0.2, 0) is 0 Å². The summed E-state index contributed by atoms with van der Waals surface area (Å²) in [6, 6.07) is 6.09. The van der Waals surface area contributed by atoms with E-state index in [1.807, 2.05) is 6.07 Å². The van der Waals surface area contributed by atoms with E-state index in [4.69, 9.17) is 16.7 Å². The topological polar surface area (TPSA) is 75.8 Å². The summed E-state index contributed by atoms with van der Waals surface area (Å²) in [5.41, 5.74) is 12.2. The lowest BCUT2D eigenvalue weighted by molar-refractivity contribution is 0.586. The molecule has 0 amide bonds.